The van der Waals surface area contributed by atoms with E-state index >= 15 is 0 Å². The summed E-state index contributed by atoms with van der Waals surface area (Å²) >= 11 is 1.69. The summed E-state index contributed by atoms with van der Waals surface area (Å²) in [7, 11) is 0. The Balaban J connectivity index is 0.00000208. The van der Waals surface area contributed by atoms with E-state index in [2.05, 4.69) is 51.0 Å². The molecule has 7 heteroatoms. The van der Waals surface area contributed by atoms with Crippen LogP contribution in [-0.2, 0) is 6.42 Å². The number of thiazole rings is 1. The molecule has 3 rings (SSSR count). The number of guanidine groups is 1. The lowest BCUT2D eigenvalue weighted by molar-refractivity contribution is 0.380. The average Bonchev–Trinajstić information content (AvgIpc) is 3.09. The van der Waals surface area contributed by atoms with Gasteiger partial charge in [-0.15, -0.1) is 35.3 Å². The second-order valence-electron chi connectivity index (χ2n) is 5.77. The van der Waals surface area contributed by atoms with Crippen LogP contribution in [0.4, 0.5) is 5.13 Å². The Hall–Kier alpha value is -1.35. The molecule has 0 aliphatic carbocycles. The van der Waals surface area contributed by atoms with Gasteiger partial charge in [0, 0.05) is 44.3 Å². The molecule has 0 bridgehead atoms. The van der Waals surface area contributed by atoms with Crippen molar-refractivity contribution in [3.05, 3.63) is 47.0 Å². The molecule has 1 saturated heterocycles. The van der Waals surface area contributed by atoms with Crippen LogP contribution < -0.4 is 10.6 Å². The monoisotopic (exact) mass is 457 g/mol. The molecule has 1 aliphatic heterocycles. The van der Waals surface area contributed by atoms with Gasteiger partial charge in [0.05, 0.1) is 0 Å². The molecule has 1 aromatic carbocycles. The maximum atomic E-state index is 6.15. The predicted molar refractivity (Wildman–Crippen MR) is 113 cm³/mol. The lowest BCUT2D eigenvalue weighted by Crippen LogP contribution is -2.51. The van der Waals surface area contributed by atoms with Crippen LogP contribution in [0.2, 0.25) is 0 Å². The topological polar surface area (TPSA) is 57.8 Å². The Kier molecular flexibility index (Phi) is 7.29. The predicted octanol–water partition coefficient (Wildman–Crippen LogP) is 2.75. The van der Waals surface area contributed by atoms with Crippen molar-refractivity contribution in [2.24, 2.45) is 10.7 Å². The van der Waals surface area contributed by atoms with Gasteiger partial charge in [-0.3, -0.25) is 4.99 Å². The van der Waals surface area contributed by atoms with E-state index < -0.39 is 0 Å². The number of benzene rings is 1. The molecule has 1 aliphatic rings. The molecule has 0 atom stereocenters. The molecule has 2 aromatic rings. The minimum atomic E-state index is 0. The maximum Gasteiger partial charge on any atom is 0.191 e. The fraction of sp³-hybridized carbons (Fsp3) is 0.412. The van der Waals surface area contributed by atoms with Crippen molar-refractivity contribution in [3.63, 3.8) is 0 Å². The Bertz CT molecular complexity index is 651. The number of nitrogens with two attached hydrogens (primary N) is 1. The van der Waals surface area contributed by atoms with Gasteiger partial charge in [0.1, 0.15) is 0 Å². The summed E-state index contributed by atoms with van der Waals surface area (Å²) in [5, 5.41) is 3.11. The van der Waals surface area contributed by atoms with Crippen LogP contribution in [0.25, 0.3) is 0 Å². The van der Waals surface area contributed by atoms with Crippen molar-refractivity contribution in [2.75, 3.05) is 37.6 Å². The number of halogens is 1. The zero-order chi connectivity index (χ0) is 16.1. The first-order valence-electron chi connectivity index (χ1n) is 7.97. The number of piperazine rings is 1. The number of hydrogen-bond donors (Lipinski definition) is 1. The SMILES string of the molecule is Cc1cccc(CCN=C(N)N2CCN(c3nccs3)CC2)c1.I. The van der Waals surface area contributed by atoms with Gasteiger partial charge < -0.3 is 15.5 Å². The summed E-state index contributed by atoms with van der Waals surface area (Å²) in [5.41, 5.74) is 8.76. The zero-order valence-corrected chi connectivity index (χ0v) is 17.0. The van der Waals surface area contributed by atoms with Crippen molar-refractivity contribution in [3.8, 4) is 0 Å². The second kappa shape index (κ2) is 9.22. The molecular weight excluding hydrogens is 433 g/mol. The summed E-state index contributed by atoms with van der Waals surface area (Å²) in [5.74, 6) is 0.663. The van der Waals surface area contributed by atoms with Gasteiger partial charge in [-0.25, -0.2) is 4.98 Å². The van der Waals surface area contributed by atoms with E-state index in [9.17, 15) is 0 Å². The van der Waals surface area contributed by atoms with Gasteiger partial charge in [0.15, 0.2) is 11.1 Å². The van der Waals surface area contributed by atoms with Crippen LogP contribution in [0.5, 0.6) is 0 Å². The minimum absolute atomic E-state index is 0. The molecule has 1 aromatic heterocycles. The zero-order valence-electron chi connectivity index (χ0n) is 13.9. The molecule has 5 nitrogen and oxygen atoms in total. The number of aryl methyl sites for hydroxylation is 1. The van der Waals surface area contributed by atoms with Crippen molar-refractivity contribution >= 4 is 46.4 Å². The Morgan fingerprint density at radius 3 is 2.75 bits per heavy atom. The van der Waals surface area contributed by atoms with Gasteiger partial charge in [-0.1, -0.05) is 29.8 Å². The van der Waals surface area contributed by atoms with E-state index in [1.165, 1.54) is 11.1 Å². The summed E-state index contributed by atoms with van der Waals surface area (Å²) in [6.07, 6.45) is 2.79. The first kappa shape index (κ1) is 19.0. The van der Waals surface area contributed by atoms with Crippen molar-refractivity contribution in [1.82, 2.24) is 9.88 Å². The first-order chi connectivity index (χ1) is 11.2. The molecule has 130 valence electrons. The van der Waals surface area contributed by atoms with Crippen LogP contribution in [0.15, 0.2) is 40.8 Å². The number of hydrogen-bond acceptors (Lipinski definition) is 4. The highest BCUT2D eigenvalue weighted by Crippen LogP contribution is 2.18. The smallest absolute Gasteiger partial charge is 0.191 e. The molecule has 2 heterocycles. The van der Waals surface area contributed by atoms with Gasteiger partial charge >= 0.3 is 0 Å². The largest absolute Gasteiger partial charge is 0.370 e. The molecule has 0 unspecified atom stereocenters. The highest BCUT2D eigenvalue weighted by molar-refractivity contribution is 14.0. The minimum Gasteiger partial charge on any atom is -0.370 e. The third-order valence-electron chi connectivity index (χ3n) is 4.05. The molecule has 0 saturated carbocycles. The van der Waals surface area contributed by atoms with E-state index in [1.807, 2.05) is 11.6 Å². The van der Waals surface area contributed by atoms with Gasteiger partial charge in [0.25, 0.3) is 0 Å². The Morgan fingerprint density at radius 2 is 2.08 bits per heavy atom. The quantitative estimate of drug-likeness (QED) is 0.436. The van der Waals surface area contributed by atoms with E-state index in [-0.39, 0.29) is 24.0 Å². The van der Waals surface area contributed by atoms with Crippen molar-refractivity contribution in [2.45, 2.75) is 13.3 Å². The Labute approximate surface area is 164 Å². The van der Waals surface area contributed by atoms with Crippen molar-refractivity contribution < 1.29 is 0 Å². The average molecular weight is 457 g/mol. The summed E-state index contributed by atoms with van der Waals surface area (Å²) in [6, 6.07) is 8.56. The molecule has 24 heavy (non-hydrogen) atoms. The lowest BCUT2D eigenvalue weighted by Gasteiger charge is -2.35. The summed E-state index contributed by atoms with van der Waals surface area (Å²) < 4.78 is 0. The second-order valence-corrected chi connectivity index (χ2v) is 6.64. The van der Waals surface area contributed by atoms with Crippen LogP contribution in [0.1, 0.15) is 11.1 Å². The fourth-order valence-electron chi connectivity index (χ4n) is 2.77. The van der Waals surface area contributed by atoms with E-state index in [1.54, 1.807) is 11.3 Å². The van der Waals surface area contributed by atoms with Gasteiger partial charge in [-0.05, 0) is 18.9 Å². The number of aliphatic imine (C=N–C) groups is 1. The van der Waals surface area contributed by atoms with Crippen molar-refractivity contribution in [1.29, 1.82) is 0 Å². The van der Waals surface area contributed by atoms with E-state index in [0.29, 0.717) is 5.96 Å². The van der Waals surface area contributed by atoms with Gasteiger partial charge in [-0.2, -0.15) is 0 Å². The Morgan fingerprint density at radius 1 is 1.29 bits per heavy atom. The third kappa shape index (κ3) is 5.07. The molecule has 0 radical (unpaired) electrons. The van der Waals surface area contributed by atoms with Gasteiger partial charge in [0.2, 0.25) is 0 Å². The molecule has 2 N–H and O–H groups in total. The number of aromatic nitrogens is 1. The third-order valence-corrected chi connectivity index (χ3v) is 4.88. The van der Waals surface area contributed by atoms with E-state index in [4.69, 9.17) is 5.73 Å². The lowest BCUT2D eigenvalue weighted by atomic mass is 10.1. The fourth-order valence-corrected chi connectivity index (χ4v) is 3.46. The molecular formula is C17H24IN5S. The molecule has 1 fully saturated rings. The number of anilines is 1. The van der Waals surface area contributed by atoms with Crippen LogP contribution >= 0.6 is 35.3 Å². The van der Waals surface area contributed by atoms with Crippen LogP contribution in [-0.4, -0.2) is 48.6 Å². The highest BCUT2D eigenvalue weighted by atomic mass is 127. The van der Waals surface area contributed by atoms with E-state index in [0.717, 1.165) is 44.3 Å². The summed E-state index contributed by atoms with van der Waals surface area (Å²) in [4.78, 5) is 13.4. The first-order valence-corrected chi connectivity index (χ1v) is 8.85. The molecule has 0 spiro atoms. The normalized spacial score (nSPS) is 15.3. The number of rotatable bonds is 4. The van der Waals surface area contributed by atoms with Crippen LogP contribution in [0.3, 0.4) is 0 Å². The molecule has 0 amide bonds. The standard InChI is InChI=1S/C17H23N5S.HI/c1-14-3-2-4-15(13-14)5-6-19-16(18)21-8-10-22(11-9-21)17-20-7-12-23-17;/h2-4,7,12-13H,5-6,8-11H2,1H3,(H2,18,19);1H. The summed E-state index contributed by atoms with van der Waals surface area (Å²) in [6.45, 7) is 6.55. The van der Waals surface area contributed by atoms with Crippen LogP contribution in [0, 0.1) is 6.92 Å². The number of nitrogens with zero attached hydrogens (tertiary/aromatic N) is 4. The highest BCUT2D eigenvalue weighted by Gasteiger charge is 2.19. The maximum absolute atomic E-state index is 6.15.